The molecule has 1 heterocycles. The van der Waals surface area contributed by atoms with Gasteiger partial charge in [-0.25, -0.2) is 9.59 Å². The topological polar surface area (TPSA) is 137 Å². The number of hydrogen-bond donors (Lipinski definition) is 3. The summed E-state index contributed by atoms with van der Waals surface area (Å²) in [5.74, 6) is -1.73. The van der Waals surface area contributed by atoms with Crippen LogP contribution in [0.1, 0.15) is 55.1 Å². The van der Waals surface area contributed by atoms with E-state index in [1.807, 2.05) is 0 Å². The molecule has 4 N–H and O–H groups in total. The number of rotatable bonds is 4. The van der Waals surface area contributed by atoms with Gasteiger partial charge in [-0.3, -0.25) is 10.1 Å². The van der Waals surface area contributed by atoms with Crippen molar-refractivity contribution in [2.75, 3.05) is 5.73 Å². The van der Waals surface area contributed by atoms with E-state index in [-0.39, 0.29) is 23.2 Å². The number of imide groups is 1. The van der Waals surface area contributed by atoms with E-state index in [9.17, 15) is 14.4 Å². The first kappa shape index (κ1) is 17.8. The Morgan fingerprint density at radius 1 is 1.29 bits per heavy atom. The maximum absolute atomic E-state index is 12.0. The number of nitrogens with two attached hydrogens (primary N) is 1. The molecule has 1 fully saturated rings. The number of amides is 3. The summed E-state index contributed by atoms with van der Waals surface area (Å²) in [5, 5.41) is 8.46. The molecule has 9 heteroatoms. The molecular weight excluding hydrogens is 316 g/mol. The van der Waals surface area contributed by atoms with Crippen molar-refractivity contribution in [2.45, 2.75) is 58.1 Å². The lowest BCUT2D eigenvalue weighted by Gasteiger charge is -2.23. The molecule has 3 amide bonds. The summed E-state index contributed by atoms with van der Waals surface area (Å²) >= 11 is 0. The number of nitrogens with one attached hydrogen (secondary N) is 2. The molecule has 0 aliphatic heterocycles. The highest BCUT2D eigenvalue weighted by Gasteiger charge is 2.26. The van der Waals surface area contributed by atoms with Gasteiger partial charge in [0.05, 0.1) is 5.69 Å². The van der Waals surface area contributed by atoms with Gasteiger partial charge in [-0.05, 0) is 26.7 Å². The number of carbonyl (C=O) groups is 3. The highest BCUT2D eigenvalue weighted by Crippen LogP contribution is 2.18. The van der Waals surface area contributed by atoms with Crippen LogP contribution < -0.4 is 16.4 Å². The standard InChI is InChI=1S/C15H22N4O5/c1-8-11(12(16)24-19-8)14(21)23-9(2)13(20)18-15(22)17-10-6-4-3-5-7-10/h9-10H,3-7,16H2,1-2H3,(H2,17,18,20,22)/t9-/m0/s1. The van der Waals surface area contributed by atoms with Gasteiger partial charge in [-0.2, -0.15) is 0 Å². The van der Waals surface area contributed by atoms with Gasteiger partial charge in [0.2, 0.25) is 5.88 Å². The highest BCUT2D eigenvalue weighted by atomic mass is 16.5. The second kappa shape index (κ2) is 7.80. The fraction of sp³-hybridized carbons (Fsp3) is 0.600. The SMILES string of the molecule is Cc1noc(N)c1C(=O)O[C@@H](C)C(=O)NC(=O)NC1CCCCC1. The fourth-order valence-electron chi connectivity index (χ4n) is 2.59. The molecule has 1 saturated carbocycles. The third-order valence-corrected chi connectivity index (χ3v) is 3.92. The second-order valence-corrected chi connectivity index (χ2v) is 5.85. The predicted molar refractivity (Wildman–Crippen MR) is 84.1 cm³/mol. The van der Waals surface area contributed by atoms with E-state index in [4.69, 9.17) is 10.5 Å². The van der Waals surface area contributed by atoms with Crippen LogP contribution in [0, 0.1) is 6.92 Å². The number of nitrogens with zero attached hydrogens (tertiary/aromatic N) is 1. The largest absolute Gasteiger partial charge is 0.449 e. The number of anilines is 1. The number of aromatic nitrogens is 1. The fourth-order valence-corrected chi connectivity index (χ4v) is 2.59. The molecule has 1 atom stereocenters. The minimum atomic E-state index is -1.16. The molecule has 132 valence electrons. The molecule has 9 nitrogen and oxygen atoms in total. The van der Waals surface area contributed by atoms with Gasteiger partial charge in [0.15, 0.2) is 6.10 Å². The van der Waals surface area contributed by atoms with Crippen molar-refractivity contribution in [1.82, 2.24) is 15.8 Å². The Kier molecular flexibility index (Phi) is 5.78. The van der Waals surface area contributed by atoms with Crippen molar-refractivity contribution in [1.29, 1.82) is 0 Å². The van der Waals surface area contributed by atoms with Crippen LogP contribution in [-0.4, -0.2) is 35.2 Å². The van der Waals surface area contributed by atoms with Gasteiger partial charge in [-0.1, -0.05) is 24.4 Å². The molecule has 0 spiro atoms. The Hall–Kier alpha value is -2.58. The number of nitrogen functional groups attached to an aromatic ring is 1. The summed E-state index contributed by atoms with van der Waals surface area (Å²) in [6.07, 6.45) is 3.93. The van der Waals surface area contributed by atoms with Gasteiger partial charge in [0.25, 0.3) is 5.91 Å². The van der Waals surface area contributed by atoms with E-state index in [1.54, 1.807) is 0 Å². The molecule has 24 heavy (non-hydrogen) atoms. The van der Waals surface area contributed by atoms with E-state index >= 15 is 0 Å². The third-order valence-electron chi connectivity index (χ3n) is 3.92. The van der Waals surface area contributed by atoms with Crippen molar-refractivity contribution in [3.8, 4) is 0 Å². The zero-order valence-corrected chi connectivity index (χ0v) is 13.8. The first-order valence-corrected chi connectivity index (χ1v) is 7.92. The maximum Gasteiger partial charge on any atom is 0.346 e. The van der Waals surface area contributed by atoms with Crippen molar-refractivity contribution in [3.05, 3.63) is 11.3 Å². The Balaban J connectivity index is 1.83. The molecule has 0 bridgehead atoms. The molecular formula is C15H22N4O5. The lowest BCUT2D eigenvalue weighted by Crippen LogP contribution is -2.48. The summed E-state index contributed by atoms with van der Waals surface area (Å²) in [6.45, 7) is 2.89. The van der Waals surface area contributed by atoms with Crippen LogP contribution in [0.5, 0.6) is 0 Å². The number of carbonyl (C=O) groups excluding carboxylic acids is 3. The van der Waals surface area contributed by atoms with E-state index in [2.05, 4.69) is 20.3 Å². The van der Waals surface area contributed by atoms with Gasteiger partial charge < -0.3 is 20.3 Å². The van der Waals surface area contributed by atoms with Crippen molar-refractivity contribution in [3.63, 3.8) is 0 Å². The molecule has 1 aromatic rings. The molecule has 1 aromatic heterocycles. The maximum atomic E-state index is 12.0. The second-order valence-electron chi connectivity index (χ2n) is 5.85. The van der Waals surface area contributed by atoms with E-state index in [1.165, 1.54) is 13.8 Å². The van der Waals surface area contributed by atoms with E-state index < -0.39 is 24.0 Å². The molecule has 1 aliphatic carbocycles. The molecule has 1 aliphatic rings. The lowest BCUT2D eigenvalue weighted by atomic mass is 9.96. The third kappa shape index (κ3) is 4.46. The zero-order valence-electron chi connectivity index (χ0n) is 13.8. The first-order chi connectivity index (χ1) is 11.4. The smallest absolute Gasteiger partial charge is 0.346 e. The number of urea groups is 1. The van der Waals surface area contributed by atoms with Crippen LogP contribution in [0.2, 0.25) is 0 Å². The van der Waals surface area contributed by atoms with Crippen molar-refractivity contribution >= 4 is 23.8 Å². The summed E-state index contributed by atoms with van der Waals surface area (Å²) in [5.41, 5.74) is 5.72. The van der Waals surface area contributed by atoms with Crippen LogP contribution in [0.4, 0.5) is 10.7 Å². The number of ether oxygens (including phenoxy) is 1. The van der Waals surface area contributed by atoms with Crippen LogP contribution >= 0.6 is 0 Å². The van der Waals surface area contributed by atoms with E-state index in [0.29, 0.717) is 0 Å². The Labute approximate surface area is 139 Å². The van der Waals surface area contributed by atoms with Crippen molar-refractivity contribution in [2.24, 2.45) is 0 Å². The van der Waals surface area contributed by atoms with Crippen LogP contribution in [0.15, 0.2) is 4.52 Å². The monoisotopic (exact) mass is 338 g/mol. The summed E-state index contributed by atoms with van der Waals surface area (Å²) in [4.78, 5) is 35.8. The molecule has 2 rings (SSSR count). The molecule has 0 aromatic carbocycles. The average molecular weight is 338 g/mol. The van der Waals surface area contributed by atoms with Gasteiger partial charge >= 0.3 is 12.0 Å². The molecule has 0 radical (unpaired) electrons. The minimum Gasteiger partial charge on any atom is -0.449 e. The number of esters is 1. The summed E-state index contributed by atoms with van der Waals surface area (Å²) < 4.78 is 9.67. The van der Waals surface area contributed by atoms with Gasteiger partial charge in [-0.15, -0.1) is 0 Å². The van der Waals surface area contributed by atoms with Crippen LogP contribution in [0.25, 0.3) is 0 Å². The Morgan fingerprint density at radius 2 is 1.96 bits per heavy atom. The summed E-state index contributed by atoms with van der Waals surface area (Å²) in [7, 11) is 0. The summed E-state index contributed by atoms with van der Waals surface area (Å²) in [6, 6.07) is -0.515. The van der Waals surface area contributed by atoms with Crippen LogP contribution in [-0.2, 0) is 9.53 Å². The van der Waals surface area contributed by atoms with Gasteiger partial charge in [0, 0.05) is 6.04 Å². The Morgan fingerprint density at radius 3 is 2.54 bits per heavy atom. The lowest BCUT2D eigenvalue weighted by molar-refractivity contribution is -0.127. The number of aryl methyl sites for hydroxylation is 1. The normalized spacial score (nSPS) is 16.2. The quantitative estimate of drug-likeness (QED) is 0.703. The molecule has 0 saturated heterocycles. The predicted octanol–water partition coefficient (Wildman–Crippen LogP) is 1.27. The van der Waals surface area contributed by atoms with Gasteiger partial charge in [0.1, 0.15) is 5.56 Å². The molecule has 0 unspecified atom stereocenters. The zero-order chi connectivity index (χ0) is 17.7. The average Bonchev–Trinajstić information content (AvgIpc) is 2.86. The first-order valence-electron chi connectivity index (χ1n) is 7.92. The number of hydrogen-bond acceptors (Lipinski definition) is 7. The highest BCUT2D eigenvalue weighted by molar-refractivity contribution is 6.00. The van der Waals surface area contributed by atoms with Crippen molar-refractivity contribution < 1.29 is 23.6 Å². The van der Waals surface area contributed by atoms with Crippen LogP contribution in [0.3, 0.4) is 0 Å². The Bertz CT molecular complexity index is 602. The minimum absolute atomic E-state index is 0.0266. The van der Waals surface area contributed by atoms with E-state index in [0.717, 1.165) is 32.1 Å².